The van der Waals surface area contributed by atoms with E-state index in [1.54, 1.807) is 0 Å². The van der Waals surface area contributed by atoms with E-state index in [0.717, 1.165) is 26.2 Å². The highest BCUT2D eigenvalue weighted by Crippen LogP contribution is 2.21. The maximum absolute atomic E-state index is 5.60. The molecule has 0 spiro atoms. The standard InChI is InChI=1S/C18H30N2O/c1-4-10-19-12-16-5-7-17(8-6-16)13-20-11-9-15(2)18(14-20)21-3/h5-8,15,18-19H,4,9-14H2,1-3H3. The molecule has 0 radical (unpaired) electrons. The Balaban J connectivity index is 1.82. The van der Waals surface area contributed by atoms with E-state index in [1.165, 1.54) is 30.5 Å². The van der Waals surface area contributed by atoms with Crippen molar-refractivity contribution in [1.82, 2.24) is 10.2 Å². The van der Waals surface area contributed by atoms with Gasteiger partial charge in [0, 0.05) is 26.7 Å². The maximum Gasteiger partial charge on any atom is 0.0724 e. The first-order valence-electron chi connectivity index (χ1n) is 8.26. The van der Waals surface area contributed by atoms with Gasteiger partial charge in [0.25, 0.3) is 0 Å². The molecule has 2 atom stereocenters. The highest BCUT2D eigenvalue weighted by atomic mass is 16.5. The molecule has 1 aliphatic heterocycles. The van der Waals surface area contributed by atoms with Crippen molar-refractivity contribution in [3.63, 3.8) is 0 Å². The molecule has 2 rings (SSSR count). The van der Waals surface area contributed by atoms with Gasteiger partial charge in [-0.25, -0.2) is 0 Å². The lowest BCUT2D eigenvalue weighted by Gasteiger charge is -2.36. The van der Waals surface area contributed by atoms with Gasteiger partial charge in [0.2, 0.25) is 0 Å². The third kappa shape index (κ3) is 5.10. The number of benzene rings is 1. The van der Waals surface area contributed by atoms with Gasteiger partial charge in [-0.1, -0.05) is 38.1 Å². The smallest absolute Gasteiger partial charge is 0.0724 e. The van der Waals surface area contributed by atoms with E-state index in [2.05, 4.69) is 48.3 Å². The predicted octanol–water partition coefficient (Wildman–Crippen LogP) is 3.04. The number of hydrogen-bond donors (Lipinski definition) is 1. The topological polar surface area (TPSA) is 24.5 Å². The Kier molecular flexibility index (Phi) is 6.68. The Hall–Kier alpha value is -0.900. The van der Waals surface area contributed by atoms with Gasteiger partial charge in [-0.2, -0.15) is 0 Å². The largest absolute Gasteiger partial charge is 0.380 e. The van der Waals surface area contributed by atoms with E-state index < -0.39 is 0 Å². The van der Waals surface area contributed by atoms with Crippen LogP contribution in [0.15, 0.2) is 24.3 Å². The molecular weight excluding hydrogens is 260 g/mol. The molecule has 21 heavy (non-hydrogen) atoms. The Morgan fingerprint density at radius 2 is 1.95 bits per heavy atom. The second-order valence-corrected chi connectivity index (χ2v) is 6.27. The van der Waals surface area contributed by atoms with Crippen molar-refractivity contribution in [2.75, 3.05) is 26.7 Å². The monoisotopic (exact) mass is 290 g/mol. The molecule has 118 valence electrons. The summed E-state index contributed by atoms with van der Waals surface area (Å²) in [5.74, 6) is 0.679. The van der Waals surface area contributed by atoms with Crippen molar-refractivity contribution in [2.24, 2.45) is 5.92 Å². The lowest BCUT2D eigenvalue weighted by atomic mass is 9.95. The summed E-state index contributed by atoms with van der Waals surface area (Å²) in [6.07, 6.45) is 2.81. The van der Waals surface area contributed by atoms with Crippen molar-refractivity contribution >= 4 is 0 Å². The Morgan fingerprint density at radius 1 is 1.24 bits per heavy atom. The van der Waals surface area contributed by atoms with Crippen molar-refractivity contribution in [2.45, 2.75) is 45.9 Å². The van der Waals surface area contributed by atoms with Crippen LogP contribution in [0.1, 0.15) is 37.8 Å². The van der Waals surface area contributed by atoms with E-state index >= 15 is 0 Å². The summed E-state index contributed by atoms with van der Waals surface area (Å²) >= 11 is 0. The summed E-state index contributed by atoms with van der Waals surface area (Å²) in [6.45, 7) is 9.83. The van der Waals surface area contributed by atoms with Crippen LogP contribution in [0.5, 0.6) is 0 Å². The molecule has 0 aliphatic carbocycles. The number of ether oxygens (including phenoxy) is 1. The minimum atomic E-state index is 0.385. The number of hydrogen-bond acceptors (Lipinski definition) is 3. The third-order valence-corrected chi connectivity index (χ3v) is 4.46. The lowest BCUT2D eigenvalue weighted by molar-refractivity contribution is -0.00744. The number of nitrogens with zero attached hydrogens (tertiary/aromatic N) is 1. The fourth-order valence-electron chi connectivity index (χ4n) is 2.98. The summed E-state index contributed by atoms with van der Waals surface area (Å²) in [7, 11) is 1.84. The molecule has 3 heteroatoms. The number of rotatable bonds is 7. The molecule has 0 amide bonds. The molecule has 1 saturated heterocycles. The maximum atomic E-state index is 5.60. The van der Waals surface area contributed by atoms with Crippen LogP contribution in [0.3, 0.4) is 0 Å². The molecule has 1 aromatic carbocycles. The van der Waals surface area contributed by atoms with Gasteiger partial charge in [0.15, 0.2) is 0 Å². The van der Waals surface area contributed by atoms with Gasteiger partial charge in [-0.05, 0) is 43.0 Å². The summed E-state index contributed by atoms with van der Waals surface area (Å²) in [6, 6.07) is 9.03. The Labute approximate surface area is 129 Å². The summed E-state index contributed by atoms with van der Waals surface area (Å²) in [4.78, 5) is 2.51. The van der Waals surface area contributed by atoms with E-state index in [4.69, 9.17) is 4.74 Å². The molecule has 1 aliphatic rings. The average Bonchev–Trinajstić information content (AvgIpc) is 2.51. The van der Waals surface area contributed by atoms with Crippen LogP contribution in [0, 0.1) is 5.92 Å². The van der Waals surface area contributed by atoms with Gasteiger partial charge in [0.1, 0.15) is 0 Å². The molecule has 1 aromatic rings. The Morgan fingerprint density at radius 3 is 2.62 bits per heavy atom. The number of nitrogens with one attached hydrogen (secondary N) is 1. The van der Waals surface area contributed by atoms with Crippen LogP contribution in [0.25, 0.3) is 0 Å². The van der Waals surface area contributed by atoms with Gasteiger partial charge in [-0.15, -0.1) is 0 Å². The fraction of sp³-hybridized carbons (Fsp3) is 0.667. The van der Waals surface area contributed by atoms with Crippen LogP contribution in [0.4, 0.5) is 0 Å². The number of piperidine rings is 1. The summed E-state index contributed by atoms with van der Waals surface area (Å²) in [5, 5.41) is 3.44. The highest BCUT2D eigenvalue weighted by molar-refractivity contribution is 5.22. The van der Waals surface area contributed by atoms with E-state index in [-0.39, 0.29) is 0 Å². The SMILES string of the molecule is CCCNCc1ccc(CN2CCC(C)C(OC)C2)cc1. The predicted molar refractivity (Wildman–Crippen MR) is 88.3 cm³/mol. The van der Waals surface area contributed by atoms with E-state index in [1.807, 2.05) is 7.11 Å². The van der Waals surface area contributed by atoms with Crippen LogP contribution < -0.4 is 5.32 Å². The molecule has 2 unspecified atom stereocenters. The summed E-state index contributed by atoms with van der Waals surface area (Å²) in [5.41, 5.74) is 2.77. The van der Waals surface area contributed by atoms with Gasteiger partial charge < -0.3 is 10.1 Å². The number of methoxy groups -OCH3 is 1. The minimum absolute atomic E-state index is 0.385. The first kappa shape index (κ1) is 16.5. The second-order valence-electron chi connectivity index (χ2n) is 6.27. The van der Waals surface area contributed by atoms with Crippen molar-refractivity contribution in [3.8, 4) is 0 Å². The van der Waals surface area contributed by atoms with Gasteiger partial charge in [0.05, 0.1) is 6.10 Å². The zero-order valence-corrected chi connectivity index (χ0v) is 13.8. The molecule has 0 bridgehead atoms. The zero-order valence-electron chi connectivity index (χ0n) is 13.8. The van der Waals surface area contributed by atoms with Crippen LogP contribution in [-0.4, -0.2) is 37.7 Å². The minimum Gasteiger partial charge on any atom is -0.380 e. The van der Waals surface area contributed by atoms with Crippen molar-refractivity contribution in [3.05, 3.63) is 35.4 Å². The number of likely N-dealkylation sites (tertiary alicyclic amines) is 1. The quantitative estimate of drug-likeness (QED) is 0.781. The molecule has 1 fully saturated rings. The molecular formula is C18H30N2O. The molecule has 0 aromatic heterocycles. The normalized spacial score (nSPS) is 23.4. The van der Waals surface area contributed by atoms with Crippen LogP contribution in [0.2, 0.25) is 0 Å². The molecule has 1 N–H and O–H groups in total. The van der Waals surface area contributed by atoms with Crippen molar-refractivity contribution in [1.29, 1.82) is 0 Å². The first-order valence-corrected chi connectivity index (χ1v) is 8.26. The average molecular weight is 290 g/mol. The zero-order chi connectivity index (χ0) is 15.1. The molecule has 1 heterocycles. The van der Waals surface area contributed by atoms with Crippen LogP contribution in [-0.2, 0) is 17.8 Å². The Bertz CT molecular complexity index is 404. The fourth-order valence-corrected chi connectivity index (χ4v) is 2.98. The highest BCUT2D eigenvalue weighted by Gasteiger charge is 2.25. The second kappa shape index (κ2) is 8.52. The van der Waals surface area contributed by atoms with Crippen LogP contribution >= 0.6 is 0 Å². The third-order valence-electron chi connectivity index (χ3n) is 4.46. The van der Waals surface area contributed by atoms with E-state index in [9.17, 15) is 0 Å². The molecule has 3 nitrogen and oxygen atoms in total. The molecule has 0 saturated carbocycles. The van der Waals surface area contributed by atoms with Crippen molar-refractivity contribution < 1.29 is 4.74 Å². The summed E-state index contributed by atoms with van der Waals surface area (Å²) < 4.78 is 5.60. The van der Waals surface area contributed by atoms with E-state index in [0.29, 0.717) is 12.0 Å². The first-order chi connectivity index (χ1) is 10.2. The van der Waals surface area contributed by atoms with Gasteiger partial charge in [-0.3, -0.25) is 4.90 Å². The lowest BCUT2D eigenvalue weighted by Crippen LogP contribution is -2.43. The van der Waals surface area contributed by atoms with Gasteiger partial charge >= 0.3 is 0 Å².